The number of carbonyl (C=O) groups excluding carboxylic acids is 2. The number of fused-ring (bicyclic) bond motifs is 1. The Morgan fingerprint density at radius 1 is 1.27 bits per heavy atom. The van der Waals surface area contributed by atoms with Crippen molar-refractivity contribution < 1.29 is 14.3 Å². The highest BCUT2D eigenvalue weighted by Gasteiger charge is 2.34. The minimum atomic E-state index is -0.346. The van der Waals surface area contributed by atoms with E-state index in [-0.39, 0.29) is 24.2 Å². The summed E-state index contributed by atoms with van der Waals surface area (Å²) in [5, 5.41) is 4.66. The Balaban J connectivity index is 1.34. The van der Waals surface area contributed by atoms with Crippen LogP contribution in [0, 0.1) is 5.92 Å². The largest absolute Gasteiger partial charge is 0.494 e. The van der Waals surface area contributed by atoms with Gasteiger partial charge in [-0.3, -0.25) is 9.59 Å². The number of nitrogens with one attached hydrogen (secondary N) is 2. The molecule has 7 heteroatoms. The molecular formula is C23H24ClN3O3. The van der Waals surface area contributed by atoms with Gasteiger partial charge in [0.25, 0.3) is 0 Å². The summed E-state index contributed by atoms with van der Waals surface area (Å²) in [6.07, 6.45) is 2.90. The van der Waals surface area contributed by atoms with Crippen LogP contribution in [0.5, 0.6) is 5.75 Å². The molecule has 1 atom stereocenters. The number of benzene rings is 2. The molecule has 1 aliphatic heterocycles. The Labute approximate surface area is 180 Å². The van der Waals surface area contributed by atoms with Gasteiger partial charge in [0.05, 0.1) is 12.5 Å². The van der Waals surface area contributed by atoms with Crippen molar-refractivity contribution in [2.45, 2.75) is 19.8 Å². The predicted molar refractivity (Wildman–Crippen MR) is 118 cm³/mol. The van der Waals surface area contributed by atoms with Crippen molar-refractivity contribution in [3.05, 3.63) is 59.2 Å². The van der Waals surface area contributed by atoms with Crippen molar-refractivity contribution in [2.24, 2.45) is 5.92 Å². The topological polar surface area (TPSA) is 74.4 Å². The van der Waals surface area contributed by atoms with Crippen LogP contribution in [0.15, 0.2) is 48.7 Å². The number of aromatic amines is 1. The minimum absolute atomic E-state index is 0.0136. The molecule has 2 amide bonds. The van der Waals surface area contributed by atoms with Crippen LogP contribution in [0.3, 0.4) is 0 Å². The number of carbonyl (C=O) groups is 2. The van der Waals surface area contributed by atoms with E-state index >= 15 is 0 Å². The molecule has 0 spiro atoms. The molecule has 0 aliphatic carbocycles. The lowest BCUT2D eigenvalue weighted by Crippen LogP contribution is -2.30. The van der Waals surface area contributed by atoms with E-state index in [4.69, 9.17) is 16.3 Å². The van der Waals surface area contributed by atoms with Crippen LogP contribution in [-0.2, 0) is 16.0 Å². The van der Waals surface area contributed by atoms with Crippen molar-refractivity contribution >= 4 is 40.0 Å². The number of anilines is 1. The number of likely N-dealkylation sites (tertiary alicyclic amines) is 1. The van der Waals surface area contributed by atoms with Gasteiger partial charge in [-0.15, -0.1) is 0 Å². The van der Waals surface area contributed by atoms with E-state index in [1.807, 2.05) is 43.5 Å². The summed E-state index contributed by atoms with van der Waals surface area (Å²) in [5.41, 5.74) is 2.84. The molecule has 1 saturated heterocycles. The van der Waals surface area contributed by atoms with E-state index in [0.717, 1.165) is 22.2 Å². The van der Waals surface area contributed by atoms with E-state index < -0.39 is 0 Å². The third kappa shape index (κ3) is 4.44. The number of amides is 2. The van der Waals surface area contributed by atoms with Gasteiger partial charge in [0.1, 0.15) is 5.75 Å². The number of hydrogen-bond donors (Lipinski definition) is 2. The van der Waals surface area contributed by atoms with Crippen molar-refractivity contribution in [2.75, 3.05) is 25.0 Å². The first-order valence-corrected chi connectivity index (χ1v) is 10.5. The smallest absolute Gasteiger partial charge is 0.229 e. The average Bonchev–Trinajstić information content (AvgIpc) is 3.31. The van der Waals surface area contributed by atoms with E-state index in [1.54, 1.807) is 17.0 Å². The molecule has 1 fully saturated rings. The number of halogens is 1. The summed E-state index contributed by atoms with van der Waals surface area (Å²) in [5.74, 6) is 0.298. The number of rotatable bonds is 7. The molecule has 0 bridgehead atoms. The van der Waals surface area contributed by atoms with Gasteiger partial charge in [-0.1, -0.05) is 11.6 Å². The highest BCUT2D eigenvalue weighted by atomic mass is 35.5. The fourth-order valence-electron chi connectivity index (χ4n) is 3.82. The highest BCUT2D eigenvalue weighted by molar-refractivity contribution is 6.31. The van der Waals surface area contributed by atoms with Crippen LogP contribution in [-0.4, -0.2) is 41.4 Å². The highest BCUT2D eigenvalue weighted by Crippen LogP contribution is 2.25. The molecule has 3 aromatic rings. The van der Waals surface area contributed by atoms with Gasteiger partial charge in [-0.2, -0.15) is 0 Å². The average molecular weight is 426 g/mol. The first-order chi connectivity index (χ1) is 14.5. The second-order valence-corrected chi connectivity index (χ2v) is 7.88. The van der Waals surface area contributed by atoms with Gasteiger partial charge in [0.2, 0.25) is 11.8 Å². The number of H-pyrrole nitrogens is 1. The Morgan fingerprint density at radius 3 is 2.83 bits per heavy atom. The molecule has 30 heavy (non-hydrogen) atoms. The Bertz CT molecular complexity index is 1060. The second kappa shape index (κ2) is 8.79. The zero-order valence-electron chi connectivity index (χ0n) is 16.8. The number of aromatic nitrogens is 1. The van der Waals surface area contributed by atoms with E-state index in [0.29, 0.717) is 36.8 Å². The molecule has 0 radical (unpaired) electrons. The fourth-order valence-corrected chi connectivity index (χ4v) is 3.99. The lowest BCUT2D eigenvalue weighted by molar-refractivity contribution is -0.128. The zero-order valence-corrected chi connectivity index (χ0v) is 17.5. The zero-order chi connectivity index (χ0) is 21.1. The maximum atomic E-state index is 12.6. The minimum Gasteiger partial charge on any atom is -0.494 e. The standard InChI is InChI=1S/C23H24ClN3O3/c1-2-30-19-6-4-18(5-7-19)26-23(29)16-11-22(28)27(14-16)10-9-15-13-25-21-8-3-17(24)12-20(15)21/h3-8,12-13,16,25H,2,9-11,14H2,1H3,(H,26,29)/t16-/m1/s1. The Hall–Kier alpha value is -2.99. The summed E-state index contributed by atoms with van der Waals surface area (Å²) in [4.78, 5) is 30.1. The number of nitrogens with zero attached hydrogens (tertiary/aromatic N) is 1. The second-order valence-electron chi connectivity index (χ2n) is 7.44. The fraction of sp³-hybridized carbons (Fsp3) is 0.304. The van der Waals surface area contributed by atoms with Crippen LogP contribution >= 0.6 is 11.6 Å². The van der Waals surface area contributed by atoms with E-state index in [9.17, 15) is 9.59 Å². The van der Waals surface area contributed by atoms with E-state index in [2.05, 4.69) is 10.3 Å². The van der Waals surface area contributed by atoms with Gasteiger partial charge in [0.15, 0.2) is 0 Å². The van der Waals surface area contributed by atoms with Crippen LogP contribution in [0.25, 0.3) is 10.9 Å². The van der Waals surface area contributed by atoms with Crippen molar-refractivity contribution in [3.8, 4) is 5.75 Å². The van der Waals surface area contributed by atoms with Crippen LogP contribution < -0.4 is 10.1 Å². The lowest BCUT2D eigenvalue weighted by atomic mass is 10.1. The van der Waals surface area contributed by atoms with Crippen molar-refractivity contribution in [3.63, 3.8) is 0 Å². The van der Waals surface area contributed by atoms with Gasteiger partial charge < -0.3 is 19.9 Å². The van der Waals surface area contributed by atoms with Crippen LogP contribution in [0.4, 0.5) is 5.69 Å². The molecule has 1 aliphatic rings. The van der Waals surface area contributed by atoms with Crippen molar-refractivity contribution in [1.29, 1.82) is 0 Å². The Morgan fingerprint density at radius 2 is 2.07 bits per heavy atom. The quantitative estimate of drug-likeness (QED) is 0.594. The lowest BCUT2D eigenvalue weighted by Gasteiger charge is -2.16. The maximum absolute atomic E-state index is 12.6. The first kappa shape index (κ1) is 20.3. The molecule has 2 aromatic carbocycles. The molecule has 2 heterocycles. The molecule has 0 saturated carbocycles. The molecule has 156 valence electrons. The Kier molecular flexibility index (Phi) is 5.95. The van der Waals surface area contributed by atoms with E-state index in [1.165, 1.54) is 0 Å². The number of ether oxygens (including phenoxy) is 1. The van der Waals surface area contributed by atoms with Gasteiger partial charge in [-0.25, -0.2) is 0 Å². The normalized spacial score (nSPS) is 16.3. The van der Waals surface area contributed by atoms with Gasteiger partial charge >= 0.3 is 0 Å². The monoisotopic (exact) mass is 425 g/mol. The molecule has 0 unspecified atom stereocenters. The molecule has 1 aromatic heterocycles. The van der Waals surface area contributed by atoms with Gasteiger partial charge in [0, 0.05) is 47.3 Å². The molecular weight excluding hydrogens is 402 g/mol. The first-order valence-electron chi connectivity index (χ1n) is 10.1. The summed E-state index contributed by atoms with van der Waals surface area (Å²) in [7, 11) is 0. The predicted octanol–water partition coefficient (Wildman–Crippen LogP) is 4.25. The van der Waals surface area contributed by atoms with Crippen LogP contribution in [0.1, 0.15) is 18.9 Å². The molecule has 6 nitrogen and oxygen atoms in total. The number of hydrogen-bond acceptors (Lipinski definition) is 3. The summed E-state index contributed by atoms with van der Waals surface area (Å²) in [6, 6.07) is 13.0. The summed E-state index contributed by atoms with van der Waals surface area (Å²) in [6.45, 7) is 3.53. The molecule has 4 rings (SSSR count). The van der Waals surface area contributed by atoms with Crippen LogP contribution in [0.2, 0.25) is 5.02 Å². The SMILES string of the molecule is CCOc1ccc(NC(=O)[C@@H]2CC(=O)N(CCc3c[nH]c4ccc(Cl)cc34)C2)cc1. The third-order valence-electron chi connectivity index (χ3n) is 5.40. The maximum Gasteiger partial charge on any atom is 0.229 e. The third-order valence-corrected chi connectivity index (χ3v) is 5.63. The molecule has 2 N–H and O–H groups in total. The summed E-state index contributed by atoms with van der Waals surface area (Å²) < 4.78 is 5.41. The van der Waals surface area contributed by atoms with Gasteiger partial charge in [-0.05, 0) is 61.4 Å². The summed E-state index contributed by atoms with van der Waals surface area (Å²) >= 11 is 6.11. The van der Waals surface area contributed by atoms with Crippen molar-refractivity contribution in [1.82, 2.24) is 9.88 Å².